The van der Waals surface area contributed by atoms with Crippen LogP contribution in [0.4, 0.5) is 9.93 Å². The molecule has 0 aliphatic carbocycles. The summed E-state index contributed by atoms with van der Waals surface area (Å²) in [7, 11) is 1.60. The summed E-state index contributed by atoms with van der Waals surface area (Å²) in [6.45, 7) is 0. The first-order chi connectivity index (χ1) is 10.6. The van der Waals surface area contributed by atoms with Crippen molar-refractivity contribution in [3.63, 3.8) is 0 Å². The highest BCUT2D eigenvalue weighted by atomic mass is 32.1. The first-order valence-corrected chi connectivity index (χ1v) is 7.30. The highest BCUT2D eigenvalue weighted by Crippen LogP contribution is 2.30. The lowest BCUT2D eigenvalue weighted by Gasteiger charge is -2.14. The summed E-state index contributed by atoms with van der Waals surface area (Å²) in [5.74, 6) is 0.709. The van der Waals surface area contributed by atoms with Gasteiger partial charge in [0.1, 0.15) is 5.75 Å². The number of amides is 2. The van der Waals surface area contributed by atoms with Gasteiger partial charge in [-0.2, -0.15) is 5.48 Å². The lowest BCUT2D eigenvalue weighted by molar-refractivity contribution is 0.184. The molecule has 3 aromatic rings. The molecule has 0 unspecified atom stereocenters. The summed E-state index contributed by atoms with van der Waals surface area (Å²) in [4.78, 5) is 23.0. The van der Waals surface area contributed by atoms with E-state index < -0.39 is 6.03 Å². The minimum Gasteiger partial charge on any atom is -0.508 e. The summed E-state index contributed by atoms with van der Waals surface area (Å²) in [6.07, 6.45) is 0. The fraction of sp³-hybridized carbons (Fsp3) is 0.0667. The van der Waals surface area contributed by atoms with E-state index in [0.29, 0.717) is 10.9 Å². The third kappa shape index (κ3) is 2.94. The van der Waals surface area contributed by atoms with Crippen molar-refractivity contribution in [3.8, 4) is 11.5 Å². The van der Waals surface area contributed by atoms with Gasteiger partial charge in [0, 0.05) is 7.05 Å². The fourth-order valence-corrected chi connectivity index (χ4v) is 2.75. The summed E-state index contributed by atoms with van der Waals surface area (Å²) in [5, 5.41) is 9.97. The molecule has 0 bridgehead atoms. The minimum atomic E-state index is -0.438. The van der Waals surface area contributed by atoms with Gasteiger partial charge in [0.2, 0.25) is 0 Å². The standard InChI is InChI=1S/C15H13N3O3S/c1-18(14(20)17-21-11-5-3-2-4-6-11)15-16-12-8-7-10(19)9-13(12)22-15/h2-9,19H,1H3,(H,17,20). The topological polar surface area (TPSA) is 74.7 Å². The van der Waals surface area contributed by atoms with E-state index in [0.717, 1.165) is 10.2 Å². The molecule has 2 N–H and O–H groups in total. The van der Waals surface area contributed by atoms with Gasteiger partial charge in [-0.15, -0.1) is 0 Å². The largest absolute Gasteiger partial charge is 0.508 e. The van der Waals surface area contributed by atoms with E-state index in [1.54, 1.807) is 37.4 Å². The van der Waals surface area contributed by atoms with Gasteiger partial charge >= 0.3 is 6.03 Å². The molecular formula is C15H13N3O3S. The van der Waals surface area contributed by atoms with Crippen molar-refractivity contribution in [2.75, 3.05) is 11.9 Å². The Labute approximate surface area is 130 Å². The number of carbonyl (C=O) groups is 1. The third-order valence-electron chi connectivity index (χ3n) is 2.95. The van der Waals surface area contributed by atoms with Crippen molar-refractivity contribution in [1.29, 1.82) is 0 Å². The quantitative estimate of drug-likeness (QED) is 0.728. The molecule has 1 heterocycles. The van der Waals surface area contributed by atoms with Crippen LogP contribution in [0.2, 0.25) is 0 Å². The van der Waals surface area contributed by atoms with Crippen LogP contribution in [-0.2, 0) is 0 Å². The average Bonchev–Trinajstić information content (AvgIpc) is 2.95. The number of fused-ring (bicyclic) bond motifs is 1. The summed E-state index contributed by atoms with van der Waals surface area (Å²) in [5.41, 5.74) is 3.08. The number of carbonyl (C=O) groups excluding carboxylic acids is 1. The highest BCUT2D eigenvalue weighted by Gasteiger charge is 2.16. The molecule has 6 nitrogen and oxygen atoms in total. The van der Waals surface area contributed by atoms with Gasteiger partial charge in [-0.05, 0) is 30.3 Å². The average molecular weight is 315 g/mol. The first-order valence-electron chi connectivity index (χ1n) is 6.48. The van der Waals surface area contributed by atoms with Crippen molar-refractivity contribution < 1.29 is 14.7 Å². The Bertz CT molecular complexity index is 804. The number of hydrogen-bond acceptors (Lipinski definition) is 5. The molecule has 2 aromatic carbocycles. The maximum atomic E-state index is 12.1. The number of thiazole rings is 1. The van der Waals surface area contributed by atoms with Crippen LogP contribution < -0.4 is 15.2 Å². The number of benzene rings is 2. The number of aromatic nitrogens is 1. The second-order valence-electron chi connectivity index (χ2n) is 4.53. The molecule has 22 heavy (non-hydrogen) atoms. The Morgan fingerprint density at radius 3 is 2.82 bits per heavy atom. The van der Waals surface area contributed by atoms with Gasteiger partial charge in [-0.1, -0.05) is 29.5 Å². The molecule has 3 rings (SSSR count). The molecule has 2 amide bonds. The van der Waals surface area contributed by atoms with E-state index in [1.165, 1.54) is 16.2 Å². The second kappa shape index (κ2) is 5.90. The lowest BCUT2D eigenvalue weighted by atomic mass is 10.3. The molecule has 0 saturated heterocycles. The Kier molecular flexibility index (Phi) is 3.80. The number of para-hydroxylation sites is 1. The molecule has 0 aliphatic heterocycles. The smallest absolute Gasteiger partial charge is 0.356 e. The van der Waals surface area contributed by atoms with Crippen LogP contribution in [0.25, 0.3) is 10.2 Å². The zero-order valence-corrected chi connectivity index (χ0v) is 12.5. The van der Waals surface area contributed by atoms with Crippen LogP contribution in [0.3, 0.4) is 0 Å². The zero-order valence-electron chi connectivity index (χ0n) is 11.7. The van der Waals surface area contributed by atoms with Gasteiger partial charge < -0.3 is 9.94 Å². The SMILES string of the molecule is CN(C(=O)NOc1ccccc1)c1nc2ccc(O)cc2s1. The fourth-order valence-electron chi connectivity index (χ4n) is 1.79. The molecule has 0 aliphatic rings. The Morgan fingerprint density at radius 1 is 1.27 bits per heavy atom. The van der Waals surface area contributed by atoms with Crippen LogP contribution in [0.5, 0.6) is 11.5 Å². The molecule has 0 saturated carbocycles. The second-order valence-corrected chi connectivity index (χ2v) is 5.54. The predicted octanol–water partition coefficient (Wildman–Crippen LogP) is 3.14. The number of phenols is 1. The highest BCUT2D eigenvalue weighted by molar-refractivity contribution is 7.22. The molecule has 112 valence electrons. The number of urea groups is 1. The van der Waals surface area contributed by atoms with E-state index in [-0.39, 0.29) is 5.75 Å². The van der Waals surface area contributed by atoms with E-state index in [1.807, 2.05) is 18.2 Å². The van der Waals surface area contributed by atoms with Gasteiger partial charge in [0.25, 0.3) is 0 Å². The van der Waals surface area contributed by atoms with Gasteiger partial charge in [0.15, 0.2) is 10.9 Å². The van der Waals surface area contributed by atoms with E-state index >= 15 is 0 Å². The van der Waals surface area contributed by atoms with Crippen molar-refractivity contribution in [3.05, 3.63) is 48.5 Å². The predicted molar refractivity (Wildman–Crippen MR) is 85.3 cm³/mol. The maximum absolute atomic E-state index is 12.1. The van der Waals surface area contributed by atoms with Crippen molar-refractivity contribution >= 4 is 32.7 Å². The van der Waals surface area contributed by atoms with E-state index in [4.69, 9.17) is 4.84 Å². The lowest BCUT2D eigenvalue weighted by Crippen LogP contribution is -2.39. The molecule has 0 spiro atoms. The van der Waals surface area contributed by atoms with Crippen molar-refractivity contribution in [2.24, 2.45) is 0 Å². The first kappa shape index (κ1) is 14.2. The number of hydrogen-bond donors (Lipinski definition) is 2. The summed E-state index contributed by atoms with van der Waals surface area (Å²) < 4.78 is 0.804. The number of nitrogens with zero attached hydrogens (tertiary/aromatic N) is 2. The van der Waals surface area contributed by atoms with Gasteiger partial charge in [-0.3, -0.25) is 4.90 Å². The van der Waals surface area contributed by atoms with Crippen LogP contribution >= 0.6 is 11.3 Å². The van der Waals surface area contributed by atoms with Crippen LogP contribution in [0.15, 0.2) is 48.5 Å². The number of aromatic hydroxyl groups is 1. The molecule has 7 heteroatoms. The molecular weight excluding hydrogens is 302 g/mol. The van der Waals surface area contributed by atoms with Crippen LogP contribution in [0.1, 0.15) is 0 Å². The molecule has 1 aromatic heterocycles. The van der Waals surface area contributed by atoms with Gasteiger partial charge in [0.05, 0.1) is 10.2 Å². The van der Waals surface area contributed by atoms with Crippen LogP contribution in [0, 0.1) is 0 Å². The molecule has 0 atom stereocenters. The number of rotatable bonds is 3. The molecule has 0 radical (unpaired) electrons. The third-order valence-corrected chi connectivity index (χ3v) is 4.05. The summed E-state index contributed by atoms with van der Waals surface area (Å²) >= 11 is 1.31. The van der Waals surface area contributed by atoms with Crippen LogP contribution in [-0.4, -0.2) is 23.2 Å². The van der Waals surface area contributed by atoms with Crippen molar-refractivity contribution in [2.45, 2.75) is 0 Å². The number of anilines is 1. The number of nitrogens with one attached hydrogen (secondary N) is 1. The Hall–Kier alpha value is -2.80. The summed E-state index contributed by atoms with van der Waals surface area (Å²) in [6, 6.07) is 13.4. The van der Waals surface area contributed by atoms with E-state index in [2.05, 4.69) is 10.5 Å². The zero-order chi connectivity index (χ0) is 15.5. The Balaban J connectivity index is 1.71. The van der Waals surface area contributed by atoms with E-state index in [9.17, 15) is 9.90 Å². The monoisotopic (exact) mass is 315 g/mol. The minimum absolute atomic E-state index is 0.169. The maximum Gasteiger partial charge on any atom is 0.356 e. The normalized spacial score (nSPS) is 10.4. The Morgan fingerprint density at radius 2 is 2.05 bits per heavy atom. The van der Waals surface area contributed by atoms with Crippen molar-refractivity contribution in [1.82, 2.24) is 10.5 Å². The number of hydroxylamine groups is 1. The number of phenolic OH excluding ortho intramolecular Hbond substituents is 1. The molecule has 0 fully saturated rings. The van der Waals surface area contributed by atoms with Gasteiger partial charge in [-0.25, -0.2) is 9.78 Å².